The SMILES string of the molecule is COc1cc(Br)c([C@@H]2NC(=S)NC(c3ccccc3)=C2C(C)=O)cc1OC. The van der Waals surface area contributed by atoms with Gasteiger partial charge in [0, 0.05) is 10.0 Å². The van der Waals surface area contributed by atoms with Crippen LogP contribution in [0.15, 0.2) is 52.5 Å². The van der Waals surface area contributed by atoms with Crippen LogP contribution in [0.4, 0.5) is 0 Å². The van der Waals surface area contributed by atoms with Crippen molar-refractivity contribution in [2.75, 3.05) is 14.2 Å². The first-order valence-corrected chi connectivity index (χ1v) is 9.45. The molecule has 27 heavy (non-hydrogen) atoms. The van der Waals surface area contributed by atoms with Gasteiger partial charge < -0.3 is 20.1 Å². The van der Waals surface area contributed by atoms with Crippen molar-refractivity contribution in [3.8, 4) is 11.5 Å². The number of rotatable bonds is 5. The summed E-state index contributed by atoms with van der Waals surface area (Å²) in [4.78, 5) is 12.6. The van der Waals surface area contributed by atoms with E-state index >= 15 is 0 Å². The molecular formula is C20H19BrN2O3S. The Kier molecular flexibility index (Phi) is 5.82. The number of hydrogen-bond donors (Lipinski definition) is 2. The lowest BCUT2D eigenvalue weighted by Gasteiger charge is -2.32. The smallest absolute Gasteiger partial charge is 0.171 e. The summed E-state index contributed by atoms with van der Waals surface area (Å²) < 4.78 is 11.6. The second-order valence-corrected chi connectivity index (χ2v) is 7.23. The molecule has 1 aliphatic heterocycles. The lowest BCUT2D eigenvalue weighted by molar-refractivity contribution is -0.113. The van der Waals surface area contributed by atoms with E-state index in [1.165, 1.54) is 0 Å². The van der Waals surface area contributed by atoms with Crippen molar-refractivity contribution in [3.05, 3.63) is 63.6 Å². The molecule has 0 unspecified atom stereocenters. The Balaban J connectivity index is 2.22. The third-order valence-corrected chi connectivity index (χ3v) is 5.23. The van der Waals surface area contributed by atoms with Gasteiger partial charge in [0.05, 0.1) is 26.0 Å². The number of carbonyl (C=O) groups excluding carboxylic acids is 1. The Morgan fingerprint density at radius 3 is 2.33 bits per heavy atom. The van der Waals surface area contributed by atoms with Crippen molar-refractivity contribution in [1.82, 2.24) is 10.6 Å². The van der Waals surface area contributed by atoms with Crippen molar-refractivity contribution in [2.45, 2.75) is 13.0 Å². The molecule has 0 radical (unpaired) electrons. The number of Topliss-reactive ketones (excluding diaryl/α,β-unsaturated/α-hetero) is 1. The fourth-order valence-electron chi connectivity index (χ4n) is 3.10. The molecule has 1 heterocycles. The number of carbonyl (C=O) groups is 1. The van der Waals surface area contributed by atoms with Gasteiger partial charge in [-0.25, -0.2) is 0 Å². The standard InChI is InChI=1S/C20H19BrN2O3S/c1-11(24)17-18(12-7-5-4-6-8-12)22-20(27)23-19(17)13-9-15(25-2)16(26-3)10-14(13)21/h4-10,19H,1-3H3,(H2,22,23,27)/t19-/m0/s1. The second kappa shape index (κ2) is 8.10. The van der Waals surface area contributed by atoms with Gasteiger partial charge in [-0.2, -0.15) is 0 Å². The molecule has 0 saturated heterocycles. The van der Waals surface area contributed by atoms with Crippen molar-refractivity contribution < 1.29 is 14.3 Å². The summed E-state index contributed by atoms with van der Waals surface area (Å²) >= 11 is 9.00. The summed E-state index contributed by atoms with van der Waals surface area (Å²) in [6.07, 6.45) is 0. The van der Waals surface area contributed by atoms with Crippen LogP contribution in [0.1, 0.15) is 24.1 Å². The van der Waals surface area contributed by atoms with Gasteiger partial charge in [0.15, 0.2) is 22.4 Å². The van der Waals surface area contributed by atoms with Gasteiger partial charge in [-0.3, -0.25) is 4.79 Å². The molecule has 2 aromatic carbocycles. The molecule has 0 fully saturated rings. The van der Waals surface area contributed by atoms with E-state index in [1.54, 1.807) is 21.1 Å². The molecule has 0 aromatic heterocycles. The Bertz CT molecular complexity index is 928. The number of halogens is 1. The quantitative estimate of drug-likeness (QED) is 0.677. The van der Waals surface area contributed by atoms with E-state index in [0.717, 1.165) is 15.6 Å². The Morgan fingerprint density at radius 2 is 1.74 bits per heavy atom. The van der Waals surface area contributed by atoms with E-state index in [2.05, 4.69) is 26.6 Å². The number of ether oxygens (including phenoxy) is 2. The molecule has 1 atom stereocenters. The first kappa shape index (κ1) is 19.4. The topological polar surface area (TPSA) is 59.6 Å². The monoisotopic (exact) mass is 446 g/mol. The van der Waals surface area contributed by atoms with Crippen LogP contribution in [-0.4, -0.2) is 25.1 Å². The fourth-order valence-corrected chi connectivity index (χ4v) is 3.87. The highest BCUT2D eigenvalue weighted by molar-refractivity contribution is 9.10. The second-order valence-electron chi connectivity index (χ2n) is 5.97. The van der Waals surface area contributed by atoms with Crippen LogP contribution in [-0.2, 0) is 4.79 Å². The number of benzene rings is 2. The molecule has 0 spiro atoms. The molecule has 7 heteroatoms. The first-order valence-electron chi connectivity index (χ1n) is 8.25. The van der Waals surface area contributed by atoms with Crippen molar-refractivity contribution in [1.29, 1.82) is 0 Å². The van der Waals surface area contributed by atoms with Crippen LogP contribution in [0.3, 0.4) is 0 Å². The minimum absolute atomic E-state index is 0.0527. The molecule has 140 valence electrons. The molecule has 0 saturated carbocycles. The molecule has 1 aliphatic rings. The molecule has 0 bridgehead atoms. The van der Waals surface area contributed by atoms with E-state index in [9.17, 15) is 4.79 Å². The predicted molar refractivity (Wildman–Crippen MR) is 113 cm³/mol. The highest BCUT2D eigenvalue weighted by Crippen LogP contribution is 2.40. The van der Waals surface area contributed by atoms with Gasteiger partial charge in [-0.15, -0.1) is 0 Å². The Morgan fingerprint density at radius 1 is 1.11 bits per heavy atom. The number of nitrogens with one attached hydrogen (secondary N) is 2. The third kappa shape index (κ3) is 3.84. The summed E-state index contributed by atoms with van der Waals surface area (Å²) in [5.74, 6) is 1.12. The molecule has 0 aliphatic carbocycles. The van der Waals surface area contributed by atoms with Crippen LogP contribution >= 0.6 is 28.1 Å². The molecule has 2 N–H and O–H groups in total. The third-order valence-electron chi connectivity index (χ3n) is 4.33. The summed E-state index contributed by atoms with van der Waals surface area (Å²) in [5, 5.41) is 6.80. The van der Waals surface area contributed by atoms with Crippen LogP contribution < -0.4 is 20.1 Å². The number of methoxy groups -OCH3 is 2. The van der Waals surface area contributed by atoms with E-state index in [1.807, 2.05) is 42.5 Å². The van der Waals surface area contributed by atoms with Crippen molar-refractivity contribution in [2.24, 2.45) is 0 Å². The maximum atomic E-state index is 12.6. The number of ketones is 1. The molecule has 2 aromatic rings. The average molecular weight is 447 g/mol. The molecule has 3 rings (SSSR count). The molecule has 0 amide bonds. The summed E-state index contributed by atoms with van der Waals surface area (Å²) in [6.45, 7) is 1.55. The lowest BCUT2D eigenvalue weighted by Crippen LogP contribution is -2.44. The zero-order valence-corrected chi connectivity index (χ0v) is 17.5. The van der Waals surface area contributed by atoms with Gasteiger partial charge in [0.1, 0.15) is 0 Å². The fraction of sp³-hybridized carbons (Fsp3) is 0.200. The van der Waals surface area contributed by atoms with Crippen LogP contribution in [0.5, 0.6) is 11.5 Å². The van der Waals surface area contributed by atoms with Crippen LogP contribution in [0.25, 0.3) is 5.70 Å². The number of hydrogen-bond acceptors (Lipinski definition) is 4. The minimum atomic E-state index is -0.430. The Hall–Kier alpha value is -2.38. The maximum absolute atomic E-state index is 12.6. The van der Waals surface area contributed by atoms with E-state index in [-0.39, 0.29) is 5.78 Å². The molecule has 5 nitrogen and oxygen atoms in total. The highest BCUT2D eigenvalue weighted by Gasteiger charge is 2.32. The average Bonchev–Trinajstić information content (AvgIpc) is 2.67. The minimum Gasteiger partial charge on any atom is -0.493 e. The summed E-state index contributed by atoms with van der Waals surface area (Å²) in [5.41, 5.74) is 3.03. The lowest BCUT2D eigenvalue weighted by atomic mass is 9.90. The van der Waals surface area contributed by atoms with Gasteiger partial charge in [-0.1, -0.05) is 46.3 Å². The van der Waals surface area contributed by atoms with Crippen molar-refractivity contribution >= 4 is 44.7 Å². The van der Waals surface area contributed by atoms with Crippen LogP contribution in [0.2, 0.25) is 0 Å². The first-order chi connectivity index (χ1) is 13.0. The summed E-state index contributed by atoms with van der Waals surface area (Å²) in [7, 11) is 3.16. The van der Waals surface area contributed by atoms with E-state index in [4.69, 9.17) is 21.7 Å². The van der Waals surface area contributed by atoms with Gasteiger partial charge in [0.2, 0.25) is 0 Å². The zero-order chi connectivity index (χ0) is 19.6. The van der Waals surface area contributed by atoms with E-state index < -0.39 is 6.04 Å². The maximum Gasteiger partial charge on any atom is 0.171 e. The highest BCUT2D eigenvalue weighted by atomic mass is 79.9. The molecular weight excluding hydrogens is 428 g/mol. The zero-order valence-electron chi connectivity index (χ0n) is 15.1. The largest absolute Gasteiger partial charge is 0.493 e. The summed E-state index contributed by atoms with van der Waals surface area (Å²) in [6, 6.07) is 12.9. The van der Waals surface area contributed by atoms with Gasteiger partial charge in [-0.05, 0) is 42.4 Å². The van der Waals surface area contributed by atoms with E-state index in [0.29, 0.717) is 27.9 Å². The number of thiocarbonyl (C=S) groups is 1. The van der Waals surface area contributed by atoms with Gasteiger partial charge in [0.25, 0.3) is 0 Å². The van der Waals surface area contributed by atoms with Crippen molar-refractivity contribution in [3.63, 3.8) is 0 Å². The van der Waals surface area contributed by atoms with Gasteiger partial charge >= 0.3 is 0 Å². The normalized spacial score (nSPS) is 16.4. The van der Waals surface area contributed by atoms with Crippen LogP contribution in [0, 0.1) is 0 Å². The predicted octanol–water partition coefficient (Wildman–Crippen LogP) is 3.99. The Labute approximate surface area is 171 Å².